The van der Waals surface area contributed by atoms with Crippen LogP contribution >= 0.6 is 0 Å². The molecule has 0 spiro atoms. The van der Waals surface area contributed by atoms with Crippen molar-refractivity contribution in [2.75, 3.05) is 7.11 Å². The Morgan fingerprint density at radius 3 is 2.00 bits per heavy atom. The molecule has 0 bridgehead atoms. The molecule has 0 aromatic heterocycles. The van der Waals surface area contributed by atoms with E-state index in [1.54, 1.807) is 7.11 Å². The van der Waals surface area contributed by atoms with Gasteiger partial charge in [0.05, 0.1) is 11.2 Å². The lowest BCUT2D eigenvalue weighted by Crippen LogP contribution is -2.29. The van der Waals surface area contributed by atoms with Gasteiger partial charge in [0, 0.05) is 7.11 Å². The van der Waals surface area contributed by atoms with E-state index in [1.807, 2.05) is 27.7 Å². The van der Waals surface area contributed by atoms with Crippen molar-refractivity contribution < 1.29 is 9.84 Å². The highest BCUT2D eigenvalue weighted by Crippen LogP contribution is 2.23. The number of rotatable bonds is 5. The van der Waals surface area contributed by atoms with E-state index < -0.39 is 5.60 Å². The molecule has 0 fully saturated rings. The predicted octanol–water partition coefficient (Wildman–Crippen LogP) is 2.35. The molecule has 0 aromatic carbocycles. The smallest absolute Gasteiger partial charge is 0.0623 e. The predicted molar refractivity (Wildman–Crippen MR) is 51.2 cm³/mol. The Morgan fingerprint density at radius 2 is 1.67 bits per heavy atom. The molecule has 0 aliphatic carbocycles. The molecule has 1 unspecified atom stereocenters. The first-order valence-electron chi connectivity index (χ1n) is 4.60. The van der Waals surface area contributed by atoms with Crippen LogP contribution in [0.1, 0.15) is 47.0 Å². The van der Waals surface area contributed by atoms with Gasteiger partial charge in [0.2, 0.25) is 0 Å². The quantitative estimate of drug-likeness (QED) is 0.693. The molecular weight excluding hydrogens is 152 g/mol. The first kappa shape index (κ1) is 11.9. The van der Waals surface area contributed by atoms with Gasteiger partial charge in [-0.2, -0.15) is 0 Å². The van der Waals surface area contributed by atoms with Crippen molar-refractivity contribution >= 4 is 0 Å². The molecule has 1 atom stereocenters. The fraction of sp³-hybridized carbons (Fsp3) is 1.00. The van der Waals surface area contributed by atoms with Crippen molar-refractivity contribution in [3.8, 4) is 0 Å². The Labute approximate surface area is 75.9 Å². The van der Waals surface area contributed by atoms with Gasteiger partial charge >= 0.3 is 0 Å². The topological polar surface area (TPSA) is 29.5 Å². The summed E-state index contributed by atoms with van der Waals surface area (Å²) >= 11 is 0. The SMILES string of the molecule is CCC(C)(O)CCC(C)(C)OC. The van der Waals surface area contributed by atoms with Crippen LogP contribution in [-0.2, 0) is 4.74 Å². The van der Waals surface area contributed by atoms with E-state index in [2.05, 4.69) is 0 Å². The van der Waals surface area contributed by atoms with Gasteiger partial charge in [-0.3, -0.25) is 0 Å². The van der Waals surface area contributed by atoms with Crippen LogP contribution in [0.3, 0.4) is 0 Å². The highest BCUT2D eigenvalue weighted by Gasteiger charge is 2.23. The van der Waals surface area contributed by atoms with Crippen LogP contribution in [0.4, 0.5) is 0 Å². The van der Waals surface area contributed by atoms with Gasteiger partial charge in [0.1, 0.15) is 0 Å². The molecule has 1 N–H and O–H groups in total. The lowest BCUT2D eigenvalue weighted by atomic mass is 9.91. The third-order valence-corrected chi connectivity index (χ3v) is 2.58. The first-order chi connectivity index (χ1) is 5.33. The van der Waals surface area contributed by atoms with Crippen molar-refractivity contribution in [3.63, 3.8) is 0 Å². The van der Waals surface area contributed by atoms with Crippen LogP contribution in [0, 0.1) is 0 Å². The molecule has 0 rings (SSSR count). The monoisotopic (exact) mass is 174 g/mol. The van der Waals surface area contributed by atoms with Gasteiger partial charge in [-0.05, 0) is 40.0 Å². The van der Waals surface area contributed by atoms with Crippen molar-refractivity contribution in [2.45, 2.75) is 58.2 Å². The van der Waals surface area contributed by atoms with Gasteiger partial charge in [-0.1, -0.05) is 6.92 Å². The standard InChI is InChI=1S/C10H22O2/c1-6-10(4,11)8-7-9(2,3)12-5/h11H,6-8H2,1-5H3. The second-order valence-corrected chi connectivity index (χ2v) is 4.31. The number of hydrogen-bond acceptors (Lipinski definition) is 2. The Morgan fingerprint density at radius 1 is 1.17 bits per heavy atom. The van der Waals surface area contributed by atoms with E-state index in [0.717, 1.165) is 19.3 Å². The van der Waals surface area contributed by atoms with E-state index in [4.69, 9.17) is 4.74 Å². The van der Waals surface area contributed by atoms with E-state index in [-0.39, 0.29) is 5.60 Å². The van der Waals surface area contributed by atoms with Gasteiger partial charge in [0.25, 0.3) is 0 Å². The summed E-state index contributed by atoms with van der Waals surface area (Å²) in [7, 11) is 1.71. The van der Waals surface area contributed by atoms with Gasteiger partial charge in [-0.25, -0.2) is 0 Å². The van der Waals surface area contributed by atoms with Crippen LogP contribution in [-0.4, -0.2) is 23.4 Å². The molecule has 0 saturated carbocycles. The third kappa shape index (κ3) is 4.73. The molecule has 0 saturated heterocycles. The van der Waals surface area contributed by atoms with Crippen LogP contribution in [0.2, 0.25) is 0 Å². The van der Waals surface area contributed by atoms with Crippen molar-refractivity contribution in [1.29, 1.82) is 0 Å². The summed E-state index contributed by atoms with van der Waals surface area (Å²) in [6, 6.07) is 0. The largest absolute Gasteiger partial charge is 0.390 e. The second-order valence-electron chi connectivity index (χ2n) is 4.31. The Bertz CT molecular complexity index is 112. The average molecular weight is 174 g/mol. The molecule has 0 aliphatic heterocycles. The van der Waals surface area contributed by atoms with Gasteiger partial charge in [-0.15, -0.1) is 0 Å². The first-order valence-corrected chi connectivity index (χ1v) is 4.60. The minimum Gasteiger partial charge on any atom is -0.390 e. The Hall–Kier alpha value is -0.0800. The normalized spacial score (nSPS) is 17.5. The van der Waals surface area contributed by atoms with Gasteiger partial charge in [0.15, 0.2) is 0 Å². The summed E-state index contributed by atoms with van der Waals surface area (Å²) in [5.74, 6) is 0. The van der Waals surface area contributed by atoms with Crippen molar-refractivity contribution in [1.82, 2.24) is 0 Å². The maximum atomic E-state index is 9.73. The molecule has 2 nitrogen and oxygen atoms in total. The number of aliphatic hydroxyl groups is 1. The van der Waals surface area contributed by atoms with Crippen molar-refractivity contribution in [2.24, 2.45) is 0 Å². The molecular formula is C10H22O2. The van der Waals surface area contributed by atoms with Gasteiger partial charge < -0.3 is 9.84 Å². The molecule has 0 aromatic rings. The van der Waals surface area contributed by atoms with E-state index in [9.17, 15) is 5.11 Å². The maximum absolute atomic E-state index is 9.73. The summed E-state index contributed by atoms with van der Waals surface area (Å²) in [4.78, 5) is 0. The van der Waals surface area contributed by atoms with E-state index in [1.165, 1.54) is 0 Å². The molecule has 0 radical (unpaired) electrons. The highest BCUT2D eigenvalue weighted by atomic mass is 16.5. The van der Waals surface area contributed by atoms with Crippen LogP contribution < -0.4 is 0 Å². The number of hydrogen-bond donors (Lipinski definition) is 1. The molecule has 0 heterocycles. The summed E-state index contributed by atoms with van der Waals surface area (Å²) in [6.45, 7) is 7.95. The van der Waals surface area contributed by atoms with Crippen molar-refractivity contribution in [3.05, 3.63) is 0 Å². The van der Waals surface area contributed by atoms with Crippen LogP contribution in [0.15, 0.2) is 0 Å². The summed E-state index contributed by atoms with van der Waals surface area (Å²) in [6.07, 6.45) is 2.49. The summed E-state index contributed by atoms with van der Waals surface area (Å²) < 4.78 is 5.27. The molecule has 74 valence electrons. The Kier molecular flexibility index (Phi) is 4.21. The highest BCUT2D eigenvalue weighted by molar-refractivity contribution is 4.76. The third-order valence-electron chi connectivity index (χ3n) is 2.58. The molecule has 0 aliphatic rings. The lowest BCUT2D eigenvalue weighted by Gasteiger charge is -2.28. The summed E-state index contributed by atoms with van der Waals surface area (Å²) in [5.41, 5.74) is -0.644. The maximum Gasteiger partial charge on any atom is 0.0623 e. The fourth-order valence-corrected chi connectivity index (χ4v) is 0.849. The molecule has 12 heavy (non-hydrogen) atoms. The second kappa shape index (κ2) is 4.24. The fourth-order valence-electron chi connectivity index (χ4n) is 0.849. The number of ether oxygens (including phenoxy) is 1. The zero-order chi connectivity index (χ0) is 9.83. The van der Waals surface area contributed by atoms with Crippen LogP contribution in [0.5, 0.6) is 0 Å². The van der Waals surface area contributed by atoms with E-state index in [0.29, 0.717) is 0 Å². The minimum atomic E-state index is -0.532. The molecule has 2 heteroatoms. The summed E-state index contributed by atoms with van der Waals surface area (Å²) in [5, 5.41) is 9.73. The average Bonchev–Trinajstić information content (AvgIpc) is 2.02. The Balaban J connectivity index is 3.82. The van der Waals surface area contributed by atoms with Crippen LogP contribution in [0.25, 0.3) is 0 Å². The molecule has 0 amide bonds. The zero-order valence-corrected chi connectivity index (χ0v) is 8.98. The number of methoxy groups -OCH3 is 1. The zero-order valence-electron chi connectivity index (χ0n) is 8.98. The minimum absolute atomic E-state index is 0.112. The van der Waals surface area contributed by atoms with E-state index >= 15 is 0 Å². The lowest BCUT2D eigenvalue weighted by molar-refractivity contribution is -0.0203.